The Morgan fingerprint density at radius 1 is 1.29 bits per heavy atom. The molecule has 0 bridgehead atoms. The fraction of sp³-hybridized carbons (Fsp3) is 0.357. The van der Waals surface area contributed by atoms with Crippen LogP contribution >= 0.6 is 0 Å². The lowest BCUT2D eigenvalue weighted by molar-refractivity contribution is 0.551. The van der Waals surface area contributed by atoms with Gasteiger partial charge < -0.3 is 9.88 Å². The standard InChI is InChI=1S/C14H19N3/c1-3-15-12(2)14-8-6-10-17(14)11-13-7-4-5-9-16-13/h4-10,12,15H,3,11H2,1-2H3. The zero-order valence-corrected chi connectivity index (χ0v) is 10.4. The molecule has 2 rings (SSSR count). The maximum absolute atomic E-state index is 4.36. The van der Waals surface area contributed by atoms with E-state index >= 15 is 0 Å². The number of aromatic nitrogens is 2. The van der Waals surface area contributed by atoms with Crippen molar-refractivity contribution in [1.82, 2.24) is 14.9 Å². The minimum absolute atomic E-state index is 0.374. The van der Waals surface area contributed by atoms with Crippen LogP contribution in [0.5, 0.6) is 0 Å². The van der Waals surface area contributed by atoms with Gasteiger partial charge >= 0.3 is 0 Å². The average Bonchev–Trinajstić information content (AvgIpc) is 2.79. The summed E-state index contributed by atoms with van der Waals surface area (Å²) in [5.41, 5.74) is 2.39. The molecule has 0 amide bonds. The highest BCUT2D eigenvalue weighted by molar-refractivity contribution is 5.14. The molecule has 0 radical (unpaired) electrons. The zero-order chi connectivity index (χ0) is 12.1. The van der Waals surface area contributed by atoms with Crippen LogP contribution in [0.1, 0.15) is 31.3 Å². The third-order valence-electron chi connectivity index (χ3n) is 2.88. The quantitative estimate of drug-likeness (QED) is 0.854. The third kappa shape index (κ3) is 2.94. The van der Waals surface area contributed by atoms with Crippen LogP contribution in [0, 0.1) is 0 Å². The molecule has 0 fully saturated rings. The van der Waals surface area contributed by atoms with Crippen molar-refractivity contribution in [3.8, 4) is 0 Å². The summed E-state index contributed by atoms with van der Waals surface area (Å²) in [7, 11) is 0. The molecular formula is C14H19N3. The molecule has 0 aliphatic carbocycles. The van der Waals surface area contributed by atoms with E-state index in [1.165, 1.54) is 5.69 Å². The summed E-state index contributed by atoms with van der Waals surface area (Å²) < 4.78 is 2.25. The van der Waals surface area contributed by atoms with Gasteiger partial charge in [-0.2, -0.15) is 0 Å². The number of nitrogens with zero attached hydrogens (tertiary/aromatic N) is 2. The molecule has 0 aromatic carbocycles. The van der Waals surface area contributed by atoms with Crippen LogP contribution in [0.3, 0.4) is 0 Å². The van der Waals surface area contributed by atoms with Gasteiger partial charge in [-0.1, -0.05) is 13.0 Å². The molecule has 17 heavy (non-hydrogen) atoms. The van der Waals surface area contributed by atoms with Crippen LogP contribution in [0.15, 0.2) is 42.7 Å². The summed E-state index contributed by atoms with van der Waals surface area (Å²) in [6.45, 7) is 6.13. The fourth-order valence-electron chi connectivity index (χ4n) is 2.04. The molecule has 3 nitrogen and oxygen atoms in total. The van der Waals surface area contributed by atoms with E-state index in [4.69, 9.17) is 0 Å². The van der Waals surface area contributed by atoms with Crippen molar-refractivity contribution in [3.05, 3.63) is 54.1 Å². The molecule has 0 aliphatic rings. The Bertz CT molecular complexity index is 448. The molecule has 0 saturated carbocycles. The van der Waals surface area contributed by atoms with Gasteiger partial charge in [0.25, 0.3) is 0 Å². The van der Waals surface area contributed by atoms with Gasteiger partial charge in [-0.15, -0.1) is 0 Å². The van der Waals surface area contributed by atoms with E-state index in [0.717, 1.165) is 18.8 Å². The predicted octanol–water partition coefficient (Wildman–Crippen LogP) is 2.60. The Balaban J connectivity index is 2.14. The van der Waals surface area contributed by atoms with Gasteiger partial charge in [0, 0.05) is 24.1 Å². The van der Waals surface area contributed by atoms with Crippen molar-refractivity contribution < 1.29 is 0 Å². The first-order valence-corrected chi connectivity index (χ1v) is 6.09. The number of rotatable bonds is 5. The molecule has 1 unspecified atom stereocenters. The maximum Gasteiger partial charge on any atom is 0.0645 e. The van der Waals surface area contributed by atoms with E-state index in [1.54, 1.807) is 0 Å². The largest absolute Gasteiger partial charge is 0.344 e. The van der Waals surface area contributed by atoms with E-state index in [2.05, 4.69) is 53.1 Å². The van der Waals surface area contributed by atoms with Crippen molar-refractivity contribution >= 4 is 0 Å². The van der Waals surface area contributed by atoms with Crippen LogP contribution in [0.25, 0.3) is 0 Å². The summed E-state index contributed by atoms with van der Waals surface area (Å²) in [6.07, 6.45) is 3.95. The predicted molar refractivity (Wildman–Crippen MR) is 69.9 cm³/mol. The highest BCUT2D eigenvalue weighted by atomic mass is 15.0. The van der Waals surface area contributed by atoms with Gasteiger partial charge in [-0.3, -0.25) is 4.98 Å². The molecule has 1 N–H and O–H groups in total. The number of nitrogens with one attached hydrogen (secondary N) is 1. The monoisotopic (exact) mass is 229 g/mol. The molecule has 90 valence electrons. The molecule has 0 spiro atoms. The molecule has 1 atom stereocenters. The summed E-state index contributed by atoms with van der Waals surface area (Å²) in [4.78, 5) is 4.36. The highest BCUT2D eigenvalue weighted by Gasteiger charge is 2.08. The smallest absolute Gasteiger partial charge is 0.0645 e. The molecular weight excluding hydrogens is 210 g/mol. The lowest BCUT2D eigenvalue weighted by Crippen LogP contribution is -2.20. The Labute approximate surface area is 103 Å². The van der Waals surface area contributed by atoms with Gasteiger partial charge in [0.15, 0.2) is 0 Å². The molecule has 2 aromatic rings. The fourth-order valence-corrected chi connectivity index (χ4v) is 2.04. The van der Waals surface area contributed by atoms with Gasteiger partial charge in [0.2, 0.25) is 0 Å². The molecule has 0 saturated heterocycles. The molecule has 3 heteroatoms. The van der Waals surface area contributed by atoms with Crippen LogP contribution in [0.4, 0.5) is 0 Å². The van der Waals surface area contributed by atoms with E-state index in [1.807, 2.05) is 18.3 Å². The van der Waals surface area contributed by atoms with E-state index < -0.39 is 0 Å². The lowest BCUT2D eigenvalue weighted by atomic mass is 10.2. The van der Waals surface area contributed by atoms with Crippen LogP contribution < -0.4 is 5.32 Å². The van der Waals surface area contributed by atoms with Crippen LogP contribution in [-0.4, -0.2) is 16.1 Å². The Hall–Kier alpha value is -1.61. The van der Waals surface area contributed by atoms with Gasteiger partial charge in [-0.25, -0.2) is 0 Å². The van der Waals surface area contributed by atoms with Gasteiger partial charge in [0.1, 0.15) is 0 Å². The zero-order valence-electron chi connectivity index (χ0n) is 10.4. The minimum atomic E-state index is 0.374. The maximum atomic E-state index is 4.36. The first-order valence-electron chi connectivity index (χ1n) is 6.09. The van der Waals surface area contributed by atoms with E-state index in [9.17, 15) is 0 Å². The Morgan fingerprint density at radius 3 is 2.88 bits per heavy atom. The summed E-state index contributed by atoms with van der Waals surface area (Å²) in [5, 5.41) is 3.43. The normalized spacial score (nSPS) is 12.6. The number of pyridine rings is 1. The van der Waals surface area contributed by atoms with Crippen molar-refractivity contribution in [2.45, 2.75) is 26.4 Å². The third-order valence-corrected chi connectivity index (χ3v) is 2.88. The van der Waals surface area contributed by atoms with Gasteiger partial charge in [0.05, 0.1) is 12.2 Å². The number of hydrogen-bond acceptors (Lipinski definition) is 2. The summed E-state index contributed by atoms with van der Waals surface area (Å²) in [6, 6.07) is 10.7. The summed E-state index contributed by atoms with van der Waals surface area (Å²) in [5.74, 6) is 0. The molecule has 2 heterocycles. The second-order valence-corrected chi connectivity index (χ2v) is 4.16. The SMILES string of the molecule is CCNC(C)c1cccn1Cc1ccccn1. The van der Waals surface area contributed by atoms with Crippen LogP contribution in [-0.2, 0) is 6.54 Å². The average molecular weight is 229 g/mol. The highest BCUT2D eigenvalue weighted by Crippen LogP contribution is 2.14. The van der Waals surface area contributed by atoms with Crippen LogP contribution in [0.2, 0.25) is 0 Å². The minimum Gasteiger partial charge on any atom is -0.344 e. The van der Waals surface area contributed by atoms with E-state index in [-0.39, 0.29) is 0 Å². The second kappa shape index (κ2) is 5.64. The summed E-state index contributed by atoms with van der Waals surface area (Å²) >= 11 is 0. The second-order valence-electron chi connectivity index (χ2n) is 4.16. The Morgan fingerprint density at radius 2 is 2.18 bits per heavy atom. The van der Waals surface area contributed by atoms with E-state index in [0.29, 0.717) is 6.04 Å². The van der Waals surface area contributed by atoms with Crippen molar-refractivity contribution in [1.29, 1.82) is 0 Å². The van der Waals surface area contributed by atoms with Crippen molar-refractivity contribution in [3.63, 3.8) is 0 Å². The van der Waals surface area contributed by atoms with Gasteiger partial charge in [-0.05, 0) is 37.7 Å². The molecule has 0 aliphatic heterocycles. The topological polar surface area (TPSA) is 29.9 Å². The lowest BCUT2D eigenvalue weighted by Gasteiger charge is -2.16. The van der Waals surface area contributed by atoms with Crippen molar-refractivity contribution in [2.75, 3.05) is 6.54 Å². The van der Waals surface area contributed by atoms with Crippen molar-refractivity contribution in [2.24, 2.45) is 0 Å². The Kier molecular flexibility index (Phi) is 3.94. The molecule has 2 aromatic heterocycles. The number of hydrogen-bond donors (Lipinski definition) is 1. The first kappa shape index (κ1) is 11.9. The first-order chi connectivity index (χ1) is 8.31.